The van der Waals surface area contributed by atoms with Crippen molar-refractivity contribution in [2.24, 2.45) is 5.92 Å². The number of carbonyl (C=O) groups excluding carboxylic acids is 1. The maximum Gasteiger partial charge on any atom is 0.453 e. The first-order valence-electron chi connectivity index (χ1n) is 4.03. The van der Waals surface area contributed by atoms with Gasteiger partial charge in [-0.25, -0.2) is 9.90 Å². The maximum absolute atomic E-state index is 10.4. The van der Waals surface area contributed by atoms with Crippen LogP contribution in [0.5, 0.6) is 0 Å². The van der Waals surface area contributed by atoms with E-state index < -0.39 is 6.09 Å². The number of hydrogen-bond acceptors (Lipinski definition) is 1. The number of rotatable bonds is 4. The minimum atomic E-state index is -1.06. The maximum atomic E-state index is 10.4. The highest BCUT2D eigenvalue weighted by Crippen LogP contribution is 2.00. The SMILES string of the molecule is CCCN(CC(C)C)C([O])=O. The zero-order valence-corrected chi connectivity index (χ0v) is 7.46. The first-order valence-corrected chi connectivity index (χ1v) is 4.03. The van der Waals surface area contributed by atoms with Crippen molar-refractivity contribution in [1.82, 2.24) is 4.90 Å². The van der Waals surface area contributed by atoms with Crippen LogP contribution in [-0.4, -0.2) is 24.1 Å². The first kappa shape index (κ1) is 10.3. The predicted molar refractivity (Wildman–Crippen MR) is 42.8 cm³/mol. The van der Waals surface area contributed by atoms with Crippen molar-refractivity contribution in [3.8, 4) is 0 Å². The van der Waals surface area contributed by atoms with Crippen LogP contribution in [-0.2, 0) is 5.11 Å². The Morgan fingerprint density at radius 1 is 1.45 bits per heavy atom. The lowest BCUT2D eigenvalue weighted by molar-refractivity contribution is 0.114. The summed E-state index contributed by atoms with van der Waals surface area (Å²) in [5.41, 5.74) is 0. The third-order valence-corrected chi connectivity index (χ3v) is 1.34. The van der Waals surface area contributed by atoms with Crippen LogP contribution >= 0.6 is 0 Å². The monoisotopic (exact) mass is 158 g/mol. The molecule has 0 aliphatic heterocycles. The molecule has 3 nitrogen and oxygen atoms in total. The standard InChI is InChI=1S/C8H16NO2/c1-4-5-9(8(10)11)6-7(2)3/h7H,4-6H2,1-3H3. The van der Waals surface area contributed by atoms with Crippen LogP contribution in [0.2, 0.25) is 0 Å². The summed E-state index contributed by atoms with van der Waals surface area (Å²) in [5.74, 6) is 0.374. The molecule has 11 heavy (non-hydrogen) atoms. The molecule has 0 unspecified atom stereocenters. The first-order chi connectivity index (χ1) is 5.07. The van der Waals surface area contributed by atoms with Gasteiger partial charge in [-0.3, -0.25) is 0 Å². The quantitative estimate of drug-likeness (QED) is 0.616. The fourth-order valence-electron chi connectivity index (χ4n) is 0.968. The summed E-state index contributed by atoms with van der Waals surface area (Å²) in [6.07, 6.45) is -0.207. The Balaban J connectivity index is 3.79. The highest BCUT2D eigenvalue weighted by atomic mass is 16.4. The second kappa shape index (κ2) is 4.99. The zero-order chi connectivity index (χ0) is 8.85. The van der Waals surface area contributed by atoms with Gasteiger partial charge in [0.2, 0.25) is 0 Å². The Morgan fingerprint density at radius 2 is 2.00 bits per heavy atom. The second-order valence-corrected chi connectivity index (χ2v) is 3.11. The summed E-state index contributed by atoms with van der Waals surface area (Å²) >= 11 is 0. The molecule has 0 heterocycles. The van der Waals surface area contributed by atoms with Gasteiger partial charge >= 0.3 is 6.09 Å². The van der Waals surface area contributed by atoms with E-state index in [2.05, 4.69) is 0 Å². The summed E-state index contributed by atoms with van der Waals surface area (Å²) in [5, 5.41) is 10.4. The molecule has 0 fully saturated rings. The minimum absolute atomic E-state index is 0.374. The molecule has 1 amide bonds. The van der Waals surface area contributed by atoms with Gasteiger partial charge in [0.1, 0.15) is 0 Å². The highest BCUT2D eigenvalue weighted by molar-refractivity contribution is 5.64. The van der Waals surface area contributed by atoms with Crippen molar-refractivity contribution in [2.75, 3.05) is 13.1 Å². The molecule has 0 aliphatic carbocycles. The van der Waals surface area contributed by atoms with Crippen LogP contribution < -0.4 is 0 Å². The van der Waals surface area contributed by atoms with Crippen LogP contribution in [0.25, 0.3) is 0 Å². The van der Waals surface area contributed by atoms with Crippen LogP contribution in [0.1, 0.15) is 27.2 Å². The van der Waals surface area contributed by atoms with Gasteiger partial charge in [0.05, 0.1) is 0 Å². The molecule has 0 aliphatic rings. The Kier molecular flexibility index (Phi) is 4.66. The lowest BCUT2D eigenvalue weighted by Crippen LogP contribution is -2.32. The molecule has 0 rings (SSSR count). The van der Waals surface area contributed by atoms with Crippen molar-refractivity contribution in [3.63, 3.8) is 0 Å². The molecule has 0 spiro atoms. The van der Waals surface area contributed by atoms with Crippen LogP contribution in [0.15, 0.2) is 0 Å². The Labute approximate surface area is 68.0 Å². The predicted octanol–water partition coefficient (Wildman–Crippen LogP) is 1.90. The summed E-state index contributed by atoms with van der Waals surface area (Å²) in [4.78, 5) is 11.8. The van der Waals surface area contributed by atoms with Crippen LogP contribution in [0.3, 0.4) is 0 Å². The fraction of sp³-hybridized carbons (Fsp3) is 0.875. The molecule has 0 aromatic carbocycles. The van der Waals surface area contributed by atoms with Gasteiger partial charge in [-0.15, -0.1) is 0 Å². The average Bonchev–Trinajstić information content (AvgIpc) is 1.86. The highest BCUT2D eigenvalue weighted by Gasteiger charge is 2.12. The molecule has 0 atom stereocenters. The van der Waals surface area contributed by atoms with Gasteiger partial charge < -0.3 is 4.90 Å². The number of amides is 1. The molecule has 3 heteroatoms. The third kappa shape index (κ3) is 4.65. The fourth-order valence-corrected chi connectivity index (χ4v) is 0.968. The topological polar surface area (TPSA) is 40.2 Å². The van der Waals surface area contributed by atoms with Gasteiger partial charge in [-0.05, 0) is 12.3 Å². The van der Waals surface area contributed by atoms with Gasteiger partial charge in [-0.1, -0.05) is 20.8 Å². The largest absolute Gasteiger partial charge is 0.453 e. The third-order valence-electron chi connectivity index (χ3n) is 1.34. The van der Waals surface area contributed by atoms with Gasteiger partial charge in [0, 0.05) is 13.1 Å². The Bertz CT molecular complexity index is 123. The molecule has 0 bridgehead atoms. The number of carbonyl (C=O) groups is 1. The second-order valence-electron chi connectivity index (χ2n) is 3.11. The summed E-state index contributed by atoms with van der Waals surface area (Å²) in [6.45, 7) is 7.10. The normalized spacial score (nSPS) is 10.2. The summed E-state index contributed by atoms with van der Waals surface area (Å²) in [7, 11) is 0. The number of nitrogens with zero attached hydrogens (tertiary/aromatic N) is 1. The molecule has 0 N–H and O–H groups in total. The minimum Gasteiger partial charge on any atom is -0.305 e. The molecule has 0 saturated heterocycles. The Hall–Kier alpha value is -0.730. The molecule has 1 radical (unpaired) electrons. The molecular formula is C8H16NO2. The molecule has 65 valence electrons. The van der Waals surface area contributed by atoms with Crippen molar-refractivity contribution < 1.29 is 9.90 Å². The van der Waals surface area contributed by atoms with Crippen molar-refractivity contribution in [3.05, 3.63) is 0 Å². The van der Waals surface area contributed by atoms with Crippen molar-refractivity contribution in [1.29, 1.82) is 0 Å². The zero-order valence-electron chi connectivity index (χ0n) is 7.46. The van der Waals surface area contributed by atoms with E-state index in [0.717, 1.165) is 6.42 Å². The lowest BCUT2D eigenvalue weighted by Gasteiger charge is -2.18. The van der Waals surface area contributed by atoms with E-state index in [1.807, 2.05) is 20.8 Å². The van der Waals surface area contributed by atoms with Crippen molar-refractivity contribution in [2.45, 2.75) is 27.2 Å². The molecule has 0 aromatic rings. The van der Waals surface area contributed by atoms with E-state index in [9.17, 15) is 9.90 Å². The summed E-state index contributed by atoms with van der Waals surface area (Å²) in [6, 6.07) is 0. The van der Waals surface area contributed by atoms with Gasteiger partial charge in [0.15, 0.2) is 0 Å². The van der Waals surface area contributed by atoms with E-state index in [1.165, 1.54) is 4.90 Å². The molecule has 0 saturated carbocycles. The Morgan fingerprint density at radius 3 is 2.27 bits per heavy atom. The van der Waals surface area contributed by atoms with Crippen LogP contribution in [0.4, 0.5) is 4.79 Å². The van der Waals surface area contributed by atoms with Crippen molar-refractivity contribution >= 4 is 6.09 Å². The molecule has 0 aromatic heterocycles. The van der Waals surface area contributed by atoms with Crippen LogP contribution in [0, 0.1) is 5.92 Å². The lowest BCUT2D eigenvalue weighted by atomic mass is 10.2. The van der Waals surface area contributed by atoms with Gasteiger partial charge in [-0.2, -0.15) is 0 Å². The van der Waals surface area contributed by atoms with E-state index in [4.69, 9.17) is 0 Å². The average molecular weight is 158 g/mol. The molecular weight excluding hydrogens is 142 g/mol. The van der Waals surface area contributed by atoms with E-state index in [-0.39, 0.29) is 0 Å². The van der Waals surface area contributed by atoms with E-state index in [0.29, 0.717) is 19.0 Å². The van der Waals surface area contributed by atoms with E-state index in [1.54, 1.807) is 0 Å². The smallest absolute Gasteiger partial charge is 0.305 e. The summed E-state index contributed by atoms with van der Waals surface area (Å²) < 4.78 is 0. The van der Waals surface area contributed by atoms with Gasteiger partial charge in [0.25, 0.3) is 0 Å². The number of hydrogen-bond donors (Lipinski definition) is 0. The van der Waals surface area contributed by atoms with E-state index >= 15 is 0 Å².